The molecule has 0 saturated carbocycles. The molecule has 1 aliphatic heterocycles. The van der Waals surface area contributed by atoms with Gasteiger partial charge in [-0.3, -0.25) is 9.59 Å². The molecule has 0 aromatic carbocycles. The number of halogens is 3. The molecule has 0 saturated heterocycles. The molecule has 0 bridgehead atoms. The van der Waals surface area contributed by atoms with Gasteiger partial charge >= 0.3 is 0 Å². The zero-order valence-electron chi connectivity index (χ0n) is 17.3. The molecule has 172 valence electrons. The highest BCUT2D eigenvalue weighted by Gasteiger charge is 2.34. The molecule has 2 amide bonds. The molecular formula is C21H18ClF2N5O4. The number of carbonyl (C=O) groups excluding carboxylic acids is 2. The van der Waals surface area contributed by atoms with Crippen LogP contribution in [0, 0.1) is 0 Å². The van der Waals surface area contributed by atoms with Gasteiger partial charge in [0.05, 0.1) is 25.2 Å². The molecule has 0 spiro atoms. The summed E-state index contributed by atoms with van der Waals surface area (Å²) < 4.78 is 34.7. The Morgan fingerprint density at radius 1 is 1.36 bits per heavy atom. The molecule has 1 aliphatic rings. The Morgan fingerprint density at radius 3 is 2.88 bits per heavy atom. The van der Waals surface area contributed by atoms with E-state index < -0.39 is 19.1 Å². The lowest BCUT2D eigenvalue weighted by atomic mass is 10.1. The number of nitrogens with zero attached hydrogens (tertiary/aromatic N) is 4. The number of pyridine rings is 2. The van der Waals surface area contributed by atoms with E-state index in [9.17, 15) is 18.4 Å². The minimum Gasteiger partial charge on any atom is -0.471 e. The van der Waals surface area contributed by atoms with Crippen LogP contribution in [0.25, 0.3) is 0 Å². The average molecular weight is 478 g/mol. The summed E-state index contributed by atoms with van der Waals surface area (Å²) in [6, 6.07) is 2.66. The zero-order valence-corrected chi connectivity index (χ0v) is 18.1. The van der Waals surface area contributed by atoms with Crippen LogP contribution in [0.5, 0.6) is 5.88 Å². The van der Waals surface area contributed by atoms with Crippen molar-refractivity contribution < 1.29 is 27.5 Å². The second-order valence-electron chi connectivity index (χ2n) is 7.25. The van der Waals surface area contributed by atoms with Gasteiger partial charge in [-0.1, -0.05) is 11.6 Å². The van der Waals surface area contributed by atoms with E-state index in [0.717, 1.165) is 0 Å². The number of oxazole rings is 1. The number of aromatic nitrogens is 3. The predicted molar refractivity (Wildman–Crippen MR) is 112 cm³/mol. The van der Waals surface area contributed by atoms with Crippen molar-refractivity contribution in [2.75, 3.05) is 11.9 Å². The van der Waals surface area contributed by atoms with E-state index in [2.05, 4.69) is 20.3 Å². The first-order chi connectivity index (χ1) is 15.8. The van der Waals surface area contributed by atoms with Crippen molar-refractivity contribution in [3.8, 4) is 5.88 Å². The number of carbonyl (C=O) groups is 2. The summed E-state index contributed by atoms with van der Waals surface area (Å²) in [4.78, 5) is 38.9. The zero-order chi connectivity index (χ0) is 23.5. The largest absolute Gasteiger partial charge is 0.471 e. The first-order valence-electron chi connectivity index (χ1n) is 9.86. The van der Waals surface area contributed by atoms with Crippen molar-refractivity contribution in [1.82, 2.24) is 19.9 Å². The molecule has 1 N–H and O–H groups in total. The van der Waals surface area contributed by atoms with Gasteiger partial charge in [0.2, 0.25) is 11.8 Å². The van der Waals surface area contributed by atoms with Crippen LogP contribution in [0.3, 0.4) is 0 Å². The van der Waals surface area contributed by atoms with Crippen LogP contribution in [-0.4, -0.2) is 44.7 Å². The summed E-state index contributed by atoms with van der Waals surface area (Å²) in [5, 5.41) is 2.77. The normalized spacial score (nSPS) is 13.8. The lowest BCUT2D eigenvalue weighted by Gasteiger charge is -2.24. The van der Waals surface area contributed by atoms with Crippen LogP contribution in [-0.2, 0) is 17.8 Å². The monoisotopic (exact) mass is 477 g/mol. The number of rotatable bonds is 8. The molecule has 3 aromatic rings. The number of hydrogen-bond acceptors (Lipinski definition) is 7. The molecule has 12 heteroatoms. The Balaban J connectivity index is 1.49. The molecule has 3 aromatic heterocycles. The fraction of sp³-hybridized carbons (Fsp3) is 0.286. The van der Waals surface area contributed by atoms with E-state index >= 15 is 0 Å². The molecule has 4 rings (SSSR count). The van der Waals surface area contributed by atoms with Gasteiger partial charge in [0, 0.05) is 23.5 Å². The minimum absolute atomic E-state index is 0.0242. The Labute approximate surface area is 191 Å². The van der Waals surface area contributed by atoms with Gasteiger partial charge in [0.25, 0.3) is 12.3 Å². The summed E-state index contributed by atoms with van der Waals surface area (Å²) in [5.74, 6) is -0.0321. The maximum absolute atomic E-state index is 13.0. The first kappa shape index (κ1) is 22.6. The van der Waals surface area contributed by atoms with Gasteiger partial charge < -0.3 is 19.4 Å². The number of anilines is 1. The molecule has 1 atom stereocenters. The standard InChI is InChI=1S/C21H18ClF2N5O4/c1-11(12-4-16(22)20(27-6-12)32-9-17(23)24)29-8-15-14(21(29)31)2-3-26-19(15)28-18(30)5-13-7-25-10-33-13/h2-4,6-7,10-11,17H,5,8-9H2,1H3,(H,26,28,30). The van der Waals surface area contributed by atoms with Crippen molar-refractivity contribution in [2.45, 2.75) is 32.4 Å². The quantitative estimate of drug-likeness (QED) is 0.527. The van der Waals surface area contributed by atoms with Gasteiger partial charge in [-0.25, -0.2) is 23.7 Å². The highest BCUT2D eigenvalue weighted by molar-refractivity contribution is 6.31. The molecule has 0 aliphatic carbocycles. The first-order valence-corrected chi connectivity index (χ1v) is 10.2. The summed E-state index contributed by atoms with van der Waals surface area (Å²) in [6.07, 6.45) is 2.87. The second-order valence-corrected chi connectivity index (χ2v) is 7.65. The maximum atomic E-state index is 13.0. The maximum Gasteiger partial charge on any atom is 0.272 e. The smallest absolute Gasteiger partial charge is 0.272 e. The SMILES string of the molecule is CC(c1cnc(OCC(F)F)c(Cl)c1)N1Cc2c(ccnc2NC(=O)Cc2cnco2)C1=O. The highest BCUT2D eigenvalue weighted by Crippen LogP contribution is 2.35. The molecule has 0 radical (unpaired) electrons. The fourth-order valence-electron chi connectivity index (χ4n) is 3.43. The van der Waals surface area contributed by atoms with Crippen molar-refractivity contribution in [2.24, 2.45) is 0 Å². The third kappa shape index (κ3) is 4.92. The Bertz CT molecular complexity index is 1180. The summed E-state index contributed by atoms with van der Waals surface area (Å²) in [6.45, 7) is 1.16. The topological polar surface area (TPSA) is 110 Å². The van der Waals surface area contributed by atoms with E-state index in [-0.39, 0.29) is 41.5 Å². The van der Waals surface area contributed by atoms with E-state index in [1.807, 2.05) is 0 Å². The minimum atomic E-state index is -2.65. The third-order valence-electron chi connectivity index (χ3n) is 5.08. The average Bonchev–Trinajstić information content (AvgIpc) is 3.40. The molecule has 0 fully saturated rings. The molecule has 33 heavy (non-hydrogen) atoms. The Hall–Kier alpha value is -3.60. The number of amides is 2. The molecule has 9 nitrogen and oxygen atoms in total. The number of nitrogens with one attached hydrogen (secondary N) is 1. The van der Waals surface area contributed by atoms with Gasteiger partial charge in [0.1, 0.15) is 16.6 Å². The Morgan fingerprint density at radius 2 is 2.18 bits per heavy atom. The van der Waals surface area contributed by atoms with Gasteiger partial charge in [-0.2, -0.15) is 0 Å². The second kappa shape index (κ2) is 9.49. The van der Waals surface area contributed by atoms with Gasteiger partial charge in [-0.05, 0) is 24.6 Å². The molecular weight excluding hydrogens is 460 g/mol. The number of ether oxygens (including phenoxy) is 1. The van der Waals surface area contributed by atoms with Crippen molar-refractivity contribution in [1.29, 1.82) is 0 Å². The van der Waals surface area contributed by atoms with Crippen LogP contribution >= 0.6 is 11.6 Å². The van der Waals surface area contributed by atoms with Crippen molar-refractivity contribution in [3.63, 3.8) is 0 Å². The van der Waals surface area contributed by atoms with Crippen molar-refractivity contribution >= 4 is 29.2 Å². The van der Waals surface area contributed by atoms with Crippen molar-refractivity contribution in [3.05, 3.63) is 64.6 Å². The predicted octanol–water partition coefficient (Wildman–Crippen LogP) is 3.66. The fourth-order valence-corrected chi connectivity index (χ4v) is 3.66. The lowest BCUT2D eigenvalue weighted by Crippen LogP contribution is -2.27. The van der Waals surface area contributed by atoms with E-state index in [4.69, 9.17) is 20.8 Å². The molecule has 1 unspecified atom stereocenters. The van der Waals surface area contributed by atoms with Crippen LogP contribution in [0.4, 0.5) is 14.6 Å². The number of fused-ring (bicyclic) bond motifs is 1. The molecule has 4 heterocycles. The lowest BCUT2D eigenvalue weighted by molar-refractivity contribution is -0.115. The number of hydrogen-bond donors (Lipinski definition) is 1. The van der Waals surface area contributed by atoms with Gasteiger partial charge in [0.15, 0.2) is 13.0 Å². The van der Waals surface area contributed by atoms with Crippen LogP contribution in [0.15, 0.2) is 41.5 Å². The van der Waals surface area contributed by atoms with Crippen LogP contribution in [0.2, 0.25) is 5.02 Å². The summed E-state index contributed by atoms with van der Waals surface area (Å²) >= 11 is 6.12. The summed E-state index contributed by atoms with van der Waals surface area (Å²) in [5.41, 5.74) is 1.59. The van der Waals surface area contributed by atoms with Crippen LogP contribution < -0.4 is 10.1 Å². The van der Waals surface area contributed by atoms with E-state index in [1.165, 1.54) is 31.1 Å². The van der Waals surface area contributed by atoms with E-state index in [1.54, 1.807) is 17.9 Å². The van der Waals surface area contributed by atoms with Gasteiger partial charge in [-0.15, -0.1) is 0 Å². The Kier molecular flexibility index (Phi) is 6.50. The van der Waals surface area contributed by atoms with E-state index in [0.29, 0.717) is 22.5 Å². The highest BCUT2D eigenvalue weighted by atomic mass is 35.5. The summed E-state index contributed by atoms with van der Waals surface area (Å²) in [7, 11) is 0. The third-order valence-corrected chi connectivity index (χ3v) is 5.35. The number of alkyl halides is 2. The van der Waals surface area contributed by atoms with Crippen LogP contribution in [0.1, 0.15) is 40.2 Å².